The molecule has 0 aromatic heterocycles. The van der Waals surface area contributed by atoms with Crippen molar-refractivity contribution in [2.75, 3.05) is 13.7 Å². The Kier molecular flexibility index (Phi) is 7.77. The summed E-state index contributed by atoms with van der Waals surface area (Å²) < 4.78 is 5.22. The Bertz CT molecular complexity index is 984. The molecule has 0 aliphatic rings. The maximum atomic E-state index is 12.8. The SMILES string of the molecule is COc1ccc(CN(CC=C(c2ccccc2)c2ccccc2)C(=O)CC(C)=O)cc1. The van der Waals surface area contributed by atoms with Gasteiger partial charge < -0.3 is 9.64 Å². The molecule has 0 saturated heterocycles. The Hall–Kier alpha value is -3.66. The molecule has 31 heavy (non-hydrogen) atoms. The fourth-order valence-corrected chi connectivity index (χ4v) is 3.37. The van der Waals surface area contributed by atoms with E-state index in [-0.39, 0.29) is 18.1 Å². The molecule has 0 radical (unpaired) electrons. The summed E-state index contributed by atoms with van der Waals surface area (Å²) in [5.41, 5.74) is 4.19. The van der Waals surface area contributed by atoms with Crippen molar-refractivity contribution in [1.29, 1.82) is 0 Å². The molecule has 3 aromatic rings. The van der Waals surface area contributed by atoms with Crippen LogP contribution in [0.25, 0.3) is 5.57 Å². The lowest BCUT2D eigenvalue weighted by molar-refractivity contribution is -0.134. The van der Waals surface area contributed by atoms with Gasteiger partial charge in [0.05, 0.1) is 13.5 Å². The standard InChI is InChI=1S/C27H27NO3/c1-21(29)19-27(30)28(20-22-13-15-25(31-2)16-14-22)18-17-26(23-9-5-3-6-10-23)24-11-7-4-8-12-24/h3-17H,18-20H2,1-2H3. The number of rotatable bonds is 9. The van der Waals surface area contributed by atoms with Crippen LogP contribution in [0.1, 0.15) is 30.0 Å². The van der Waals surface area contributed by atoms with Crippen molar-refractivity contribution in [3.63, 3.8) is 0 Å². The van der Waals surface area contributed by atoms with Crippen molar-refractivity contribution < 1.29 is 14.3 Å². The smallest absolute Gasteiger partial charge is 0.230 e. The number of hydrogen-bond acceptors (Lipinski definition) is 3. The van der Waals surface area contributed by atoms with Gasteiger partial charge in [-0.05, 0) is 41.3 Å². The van der Waals surface area contributed by atoms with Gasteiger partial charge in [0.15, 0.2) is 0 Å². The van der Waals surface area contributed by atoms with Crippen molar-refractivity contribution >= 4 is 17.3 Å². The molecule has 3 rings (SSSR count). The molecule has 0 bridgehead atoms. The van der Waals surface area contributed by atoms with Crippen molar-refractivity contribution in [3.05, 3.63) is 108 Å². The molecule has 0 N–H and O–H groups in total. The number of hydrogen-bond donors (Lipinski definition) is 0. The van der Waals surface area contributed by atoms with Gasteiger partial charge in [0.25, 0.3) is 0 Å². The first-order valence-corrected chi connectivity index (χ1v) is 10.3. The van der Waals surface area contributed by atoms with Crippen LogP contribution in [0.5, 0.6) is 5.75 Å². The monoisotopic (exact) mass is 413 g/mol. The van der Waals surface area contributed by atoms with Crippen LogP contribution in [-0.2, 0) is 16.1 Å². The number of ketones is 1. The van der Waals surface area contributed by atoms with Gasteiger partial charge in [0, 0.05) is 13.1 Å². The van der Waals surface area contributed by atoms with E-state index in [2.05, 4.69) is 30.3 Å². The molecular formula is C27H27NO3. The first-order valence-electron chi connectivity index (χ1n) is 10.3. The third-order valence-electron chi connectivity index (χ3n) is 4.97. The number of carbonyl (C=O) groups excluding carboxylic acids is 2. The van der Waals surface area contributed by atoms with E-state index < -0.39 is 0 Å². The average molecular weight is 414 g/mol. The summed E-state index contributed by atoms with van der Waals surface area (Å²) in [7, 11) is 1.62. The lowest BCUT2D eigenvalue weighted by Gasteiger charge is -2.22. The van der Waals surface area contributed by atoms with Crippen molar-refractivity contribution in [2.45, 2.75) is 19.9 Å². The zero-order chi connectivity index (χ0) is 22.1. The predicted octanol–water partition coefficient (Wildman–Crippen LogP) is 5.13. The van der Waals surface area contributed by atoms with E-state index in [1.165, 1.54) is 6.92 Å². The van der Waals surface area contributed by atoms with Crippen LogP contribution in [0.4, 0.5) is 0 Å². The molecule has 3 aromatic carbocycles. The summed E-state index contributed by atoms with van der Waals surface area (Å²) in [4.78, 5) is 26.1. The minimum atomic E-state index is -0.181. The maximum Gasteiger partial charge on any atom is 0.230 e. The number of carbonyl (C=O) groups is 2. The van der Waals surface area contributed by atoms with Crippen molar-refractivity contribution in [1.82, 2.24) is 4.90 Å². The van der Waals surface area contributed by atoms with Crippen molar-refractivity contribution in [2.24, 2.45) is 0 Å². The van der Waals surface area contributed by atoms with Crippen molar-refractivity contribution in [3.8, 4) is 5.75 Å². The van der Waals surface area contributed by atoms with E-state index in [1.807, 2.05) is 60.7 Å². The van der Waals surface area contributed by atoms with Crippen LogP contribution in [-0.4, -0.2) is 30.2 Å². The lowest BCUT2D eigenvalue weighted by atomic mass is 9.97. The van der Waals surface area contributed by atoms with Gasteiger partial charge in [0.1, 0.15) is 11.5 Å². The molecule has 0 unspecified atom stereocenters. The third kappa shape index (κ3) is 6.41. The highest BCUT2D eigenvalue weighted by Gasteiger charge is 2.16. The Morgan fingerprint density at radius 2 is 1.39 bits per heavy atom. The second kappa shape index (κ2) is 10.9. The van der Waals surface area contributed by atoms with Crippen LogP contribution in [0.15, 0.2) is 91.0 Å². The Morgan fingerprint density at radius 1 is 0.839 bits per heavy atom. The summed E-state index contributed by atoms with van der Waals surface area (Å²) >= 11 is 0. The van der Waals surface area contributed by atoms with Crippen LogP contribution in [0, 0.1) is 0 Å². The summed E-state index contributed by atoms with van der Waals surface area (Å²) in [5.74, 6) is 0.445. The van der Waals surface area contributed by atoms with E-state index in [0.29, 0.717) is 13.1 Å². The molecule has 0 fully saturated rings. The minimum absolute atomic E-state index is 0.101. The van der Waals surface area contributed by atoms with Gasteiger partial charge >= 0.3 is 0 Å². The highest BCUT2D eigenvalue weighted by Crippen LogP contribution is 2.23. The fraction of sp³-hybridized carbons (Fsp3) is 0.185. The minimum Gasteiger partial charge on any atom is -0.497 e. The largest absolute Gasteiger partial charge is 0.497 e. The topological polar surface area (TPSA) is 46.6 Å². The molecule has 0 saturated carbocycles. The molecule has 158 valence electrons. The molecule has 0 heterocycles. The van der Waals surface area contributed by atoms with Gasteiger partial charge in [-0.25, -0.2) is 0 Å². The number of Topliss-reactive ketones (excluding diaryl/α,β-unsaturated/α-hetero) is 1. The van der Waals surface area contributed by atoms with Gasteiger partial charge in [-0.15, -0.1) is 0 Å². The van der Waals surface area contributed by atoms with Crippen LogP contribution < -0.4 is 4.74 Å². The van der Waals surface area contributed by atoms with E-state index >= 15 is 0 Å². The number of methoxy groups -OCH3 is 1. The first-order chi connectivity index (χ1) is 15.1. The number of nitrogens with zero attached hydrogens (tertiary/aromatic N) is 1. The number of amides is 1. The number of benzene rings is 3. The molecule has 4 heteroatoms. The van der Waals surface area contributed by atoms with Gasteiger partial charge in [-0.3, -0.25) is 9.59 Å². The van der Waals surface area contributed by atoms with E-state index in [4.69, 9.17) is 4.74 Å². The average Bonchev–Trinajstić information content (AvgIpc) is 2.80. The maximum absolute atomic E-state index is 12.8. The third-order valence-corrected chi connectivity index (χ3v) is 4.97. The second-order valence-corrected chi connectivity index (χ2v) is 7.35. The summed E-state index contributed by atoms with van der Waals surface area (Å²) in [6.45, 7) is 2.26. The second-order valence-electron chi connectivity index (χ2n) is 7.35. The first kappa shape index (κ1) is 22.0. The normalized spacial score (nSPS) is 10.3. The summed E-state index contributed by atoms with van der Waals surface area (Å²) in [5, 5.41) is 0. The molecular weight excluding hydrogens is 386 g/mol. The van der Waals surface area contributed by atoms with E-state index in [1.54, 1.807) is 12.0 Å². The summed E-state index contributed by atoms with van der Waals surface area (Å²) in [6.07, 6.45) is 1.96. The zero-order valence-electron chi connectivity index (χ0n) is 18.0. The van der Waals surface area contributed by atoms with Crippen LogP contribution in [0.3, 0.4) is 0 Å². The quantitative estimate of drug-likeness (QED) is 0.457. The van der Waals surface area contributed by atoms with Crippen LogP contribution in [0.2, 0.25) is 0 Å². The lowest BCUT2D eigenvalue weighted by Crippen LogP contribution is -2.32. The number of ether oxygens (including phenoxy) is 1. The van der Waals surface area contributed by atoms with Gasteiger partial charge in [-0.1, -0.05) is 78.9 Å². The fourth-order valence-electron chi connectivity index (χ4n) is 3.37. The Labute approximate surface area is 183 Å². The highest BCUT2D eigenvalue weighted by molar-refractivity contribution is 5.97. The molecule has 0 spiro atoms. The molecule has 1 amide bonds. The molecule has 0 aliphatic carbocycles. The van der Waals surface area contributed by atoms with E-state index in [0.717, 1.165) is 28.0 Å². The van der Waals surface area contributed by atoms with Gasteiger partial charge in [0.2, 0.25) is 5.91 Å². The molecule has 0 atom stereocenters. The molecule has 4 nitrogen and oxygen atoms in total. The van der Waals surface area contributed by atoms with Gasteiger partial charge in [-0.2, -0.15) is 0 Å². The predicted molar refractivity (Wildman–Crippen MR) is 124 cm³/mol. The van der Waals surface area contributed by atoms with Crippen LogP contribution >= 0.6 is 0 Å². The van der Waals surface area contributed by atoms with E-state index in [9.17, 15) is 9.59 Å². The molecule has 0 aliphatic heterocycles. The zero-order valence-corrected chi connectivity index (χ0v) is 18.0. The Morgan fingerprint density at radius 3 is 1.87 bits per heavy atom. The summed E-state index contributed by atoms with van der Waals surface area (Å²) in [6, 6.07) is 27.8. The Balaban J connectivity index is 1.90. The highest BCUT2D eigenvalue weighted by atomic mass is 16.5.